The highest BCUT2D eigenvalue weighted by molar-refractivity contribution is 7.99. The Bertz CT molecular complexity index is 1080. The largest absolute Gasteiger partial charge is 0.486 e. The van der Waals surface area contributed by atoms with Crippen molar-refractivity contribution < 1.29 is 14.3 Å². The predicted molar refractivity (Wildman–Crippen MR) is 118 cm³/mol. The summed E-state index contributed by atoms with van der Waals surface area (Å²) < 4.78 is 13.1. The van der Waals surface area contributed by atoms with Gasteiger partial charge in [-0.25, -0.2) is 9.67 Å². The van der Waals surface area contributed by atoms with Crippen LogP contribution in [0.4, 0.5) is 0 Å². The summed E-state index contributed by atoms with van der Waals surface area (Å²) >= 11 is 1.36. The zero-order chi connectivity index (χ0) is 21.2. The van der Waals surface area contributed by atoms with Crippen LogP contribution in [0, 0.1) is 0 Å². The molecule has 1 aliphatic carbocycles. The first-order valence-electron chi connectivity index (χ1n) is 10.5. The molecule has 1 aliphatic heterocycles. The molecular formula is C23H24N4O3S. The van der Waals surface area contributed by atoms with Crippen LogP contribution in [-0.4, -0.2) is 39.6 Å². The second kappa shape index (κ2) is 8.63. The van der Waals surface area contributed by atoms with Crippen molar-refractivity contribution >= 4 is 17.7 Å². The first kappa shape index (κ1) is 19.9. The van der Waals surface area contributed by atoms with E-state index in [9.17, 15) is 4.79 Å². The number of fused-ring (bicyclic) bond motifs is 1. The van der Waals surface area contributed by atoms with E-state index in [-0.39, 0.29) is 17.7 Å². The highest BCUT2D eigenvalue weighted by atomic mass is 32.2. The van der Waals surface area contributed by atoms with Crippen molar-refractivity contribution in [3.05, 3.63) is 59.9 Å². The minimum absolute atomic E-state index is 0.0589. The van der Waals surface area contributed by atoms with Crippen molar-refractivity contribution in [2.45, 2.75) is 36.9 Å². The van der Waals surface area contributed by atoms with Gasteiger partial charge in [-0.1, -0.05) is 36.0 Å². The van der Waals surface area contributed by atoms with Crippen molar-refractivity contribution in [1.82, 2.24) is 20.1 Å². The van der Waals surface area contributed by atoms with Gasteiger partial charge in [0.15, 0.2) is 11.5 Å². The van der Waals surface area contributed by atoms with Crippen LogP contribution in [0.15, 0.2) is 53.7 Å². The van der Waals surface area contributed by atoms with E-state index in [4.69, 9.17) is 14.5 Å². The minimum Gasteiger partial charge on any atom is -0.486 e. The fourth-order valence-corrected chi connectivity index (χ4v) is 4.20. The molecule has 1 saturated carbocycles. The van der Waals surface area contributed by atoms with E-state index in [0.29, 0.717) is 24.3 Å². The molecule has 31 heavy (non-hydrogen) atoms. The predicted octanol–water partition coefficient (Wildman–Crippen LogP) is 3.89. The molecular weight excluding hydrogens is 412 g/mol. The molecule has 1 aromatic heterocycles. The maximum atomic E-state index is 12.5. The summed E-state index contributed by atoms with van der Waals surface area (Å²) in [6.45, 7) is 3.06. The van der Waals surface area contributed by atoms with Crippen LogP contribution in [0.2, 0.25) is 0 Å². The van der Waals surface area contributed by atoms with Gasteiger partial charge in [-0.15, -0.1) is 5.10 Å². The van der Waals surface area contributed by atoms with Gasteiger partial charge in [-0.3, -0.25) is 4.79 Å². The number of ether oxygens (including phenoxy) is 2. The number of carbonyl (C=O) groups is 1. The smallest absolute Gasteiger partial charge is 0.230 e. The number of aromatic nitrogens is 3. The third-order valence-corrected chi connectivity index (χ3v) is 6.17. The molecule has 2 aliphatic rings. The minimum atomic E-state index is -0.138. The van der Waals surface area contributed by atoms with Crippen LogP contribution in [0.1, 0.15) is 43.1 Å². The summed E-state index contributed by atoms with van der Waals surface area (Å²) in [7, 11) is 0. The number of hydrogen-bond acceptors (Lipinski definition) is 6. The van der Waals surface area contributed by atoms with Gasteiger partial charge < -0.3 is 14.8 Å². The summed E-state index contributed by atoms with van der Waals surface area (Å²) in [6.07, 6.45) is 2.28. The zero-order valence-corrected chi connectivity index (χ0v) is 18.1. The van der Waals surface area contributed by atoms with Crippen molar-refractivity contribution in [2.75, 3.05) is 19.0 Å². The van der Waals surface area contributed by atoms with Crippen LogP contribution in [0.5, 0.6) is 11.5 Å². The van der Waals surface area contributed by atoms with Crippen molar-refractivity contribution in [1.29, 1.82) is 0 Å². The Kier molecular flexibility index (Phi) is 5.55. The van der Waals surface area contributed by atoms with Crippen LogP contribution >= 0.6 is 11.8 Å². The highest BCUT2D eigenvalue weighted by Gasteiger charge is 2.30. The van der Waals surface area contributed by atoms with E-state index in [2.05, 4.69) is 10.4 Å². The summed E-state index contributed by atoms with van der Waals surface area (Å²) in [5, 5.41) is 8.33. The van der Waals surface area contributed by atoms with Gasteiger partial charge in [-0.2, -0.15) is 0 Å². The quantitative estimate of drug-likeness (QED) is 0.566. The molecule has 1 N–H and O–H groups in total. The summed E-state index contributed by atoms with van der Waals surface area (Å²) in [6, 6.07) is 15.7. The first-order valence-corrected chi connectivity index (χ1v) is 11.5. The lowest BCUT2D eigenvalue weighted by molar-refractivity contribution is -0.119. The zero-order valence-electron chi connectivity index (χ0n) is 17.3. The molecule has 0 saturated heterocycles. The average Bonchev–Trinajstić information content (AvgIpc) is 3.57. The van der Waals surface area contributed by atoms with Gasteiger partial charge in [0.05, 0.1) is 17.5 Å². The van der Waals surface area contributed by atoms with Crippen LogP contribution in [0.3, 0.4) is 0 Å². The van der Waals surface area contributed by atoms with Crippen molar-refractivity contribution in [3.8, 4) is 17.2 Å². The first-order chi connectivity index (χ1) is 15.2. The number of carbonyl (C=O) groups excluding carboxylic acids is 1. The van der Waals surface area contributed by atoms with E-state index in [1.54, 1.807) is 0 Å². The number of para-hydroxylation sites is 1. The number of amides is 1. The molecule has 8 heteroatoms. The van der Waals surface area contributed by atoms with Crippen molar-refractivity contribution in [2.24, 2.45) is 0 Å². The van der Waals surface area contributed by atoms with Gasteiger partial charge in [0.2, 0.25) is 11.1 Å². The van der Waals surface area contributed by atoms with E-state index in [1.807, 2.05) is 60.1 Å². The Hall–Kier alpha value is -3.00. The average molecular weight is 437 g/mol. The molecule has 1 fully saturated rings. The number of nitrogens with one attached hydrogen (secondary N) is 1. The van der Waals surface area contributed by atoms with Crippen LogP contribution in [0.25, 0.3) is 5.69 Å². The molecule has 5 rings (SSSR count). The maximum absolute atomic E-state index is 12.5. The molecule has 0 unspecified atom stereocenters. The maximum Gasteiger partial charge on any atom is 0.230 e. The lowest BCUT2D eigenvalue weighted by Gasteiger charge is -2.21. The lowest BCUT2D eigenvalue weighted by atomic mass is 10.1. The Morgan fingerprint density at radius 2 is 1.94 bits per heavy atom. The van der Waals surface area contributed by atoms with Gasteiger partial charge in [0.25, 0.3) is 0 Å². The second-order valence-electron chi connectivity index (χ2n) is 7.76. The second-order valence-corrected chi connectivity index (χ2v) is 8.70. The van der Waals surface area contributed by atoms with Gasteiger partial charge >= 0.3 is 0 Å². The number of benzene rings is 2. The Balaban J connectivity index is 1.22. The third kappa shape index (κ3) is 4.54. The van der Waals surface area contributed by atoms with E-state index >= 15 is 0 Å². The molecule has 0 radical (unpaired) electrons. The fourth-order valence-electron chi connectivity index (χ4n) is 3.56. The van der Waals surface area contributed by atoms with E-state index in [1.165, 1.54) is 11.8 Å². The van der Waals surface area contributed by atoms with Crippen molar-refractivity contribution in [3.63, 3.8) is 0 Å². The number of rotatable bonds is 7. The van der Waals surface area contributed by atoms with Crippen LogP contribution in [-0.2, 0) is 4.79 Å². The number of thioether (sulfide) groups is 1. The van der Waals surface area contributed by atoms with E-state index < -0.39 is 0 Å². The highest BCUT2D eigenvalue weighted by Crippen LogP contribution is 2.40. The summed E-state index contributed by atoms with van der Waals surface area (Å²) in [4.78, 5) is 17.3. The molecule has 0 spiro atoms. The molecule has 7 nitrogen and oxygen atoms in total. The normalized spacial score (nSPS) is 16.0. The third-order valence-electron chi connectivity index (χ3n) is 5.33. The van der Waals surface area contributed by atoms with Gasteiger partial charge in [-0.05, 0) is 49.6 Å². The lowest BCUT2D eigenvalue weighted by Crippen LogP contribution is -2.28. The summed E-state index contributed by atoms with van der Waals surface area (Å²) in [5.74, 6) is 3.12. The topological polar surface area (TPSA) is 78.3 Å². The SMILES string of the molecule is C[C@@H](NC(=O)CSc1nc(C2CC2)n(-c2ccccc2)n1)c1ccc2c(c1)OCCO2. The molecule has 0 bridgehead atoms. The molecule has 160 valence electrons. The van der Waals surface area contributed by atoms with E-state index in [0.717, 1.165) is 41.4 Å². The molecule has 2 heterocycles. The number of hydrogen-bond donors (Lipinski definition) is 1. The Labute approximate surface area is 185 Å². The molecule has 3 aromatic rings. The fraction of sp³-hybridized carbons (Fsp3) is 0.348. The Morgan fingerprint density at radius 1 is 1.16 bits per heavy atom. The van der Waals surface area contributed by atoms with Gasteiger partial charge in [0, 0.05) is 5.92 Å². The van der Waals surface area contributed by atoms with Gasteiger partial charge in [0.1, 0.15) is 19.0 Å². The standard InChI is InChI=1S/C23H24N4O3S/c1-15(17-9-10-19-20(13-17)30-12-11-29-19)24-21(28)14-31-23-25-22(16-7-8-16)27(26-23)18-5-3-2-4-6-18/h2-6,9-10,13,15-16H,7-8,11-12,14H2,1H3,(H,24,28)/t15-/m1/s1. The molecule has 1 amide bonds. The molecule has 1 atom stereocenters. The monoisotopic (exact) mass is 436 g/mol. The number of nitrogens with zero attached hydrogens (tertiary/aromatic N) is 3. The van der Waals surface area contributed by atoms with Crippen LogP contribution < -0.4 is 14.8 Å². The molecule has 2 aromatic carbocycles. The summed E-state index contributed by atoms with van der Waals surface area (Å²) in [5.41, 5.74) is 1.98. The Morgan fingerprint density at radius 3 is 2.71 bits per heavy atom.